The van der Waals surface area contributed by atoms with E-state index < -0.39 is 0 Å². The second kappa shape index (κ2) is 6.71. The van der Waals surface area contributed by atoms with Crippen LogP contribution in [0.15, 0.2) is 34.8 Å². The molecule has 1 aromatic carbocycles. The van der Waals surface area contributed by atoms with Crippen LogP contribution in [0, 0.1) is 0 Å². The lowest BCUT2D eigenvalue weighted by Crippen LogP contribution is -2.12. The highest BCUT2D eigenvalue weighted by atomic mass is 79.9. The topological polar surface area (TPSA) is 12.0 Å². The average molecular weight is 345 g/mol. The van der Waals surface area contributed by atoms with Gasteiger partial charge in [-0.25, -0.2) is 0 Å². The molecule has 1 aromatic heterocycles. The Hall–Kier alpha value is -0.350. The van der Waals surface area contributed by atoms with E-state index in [0.717, 1.165) is 34.6 Å². The molecule has 0 aliphatic carbocycles. The number of benzene rings is 1. The Bertz CT molecular complexity index is 524. The molecular formula is C14H15BrClNS. The van der Waals surface area contributed by atoms with Gasteiger partial charge in [-0.3, -0.25) is 0 Å². The highest BCUT2D eigenvalue weighted by Gasteiger charge is 2.07. The van der Waals surface area contributed by atoms with Crippen LogP contribution in [-0.2, 0) is 6.54 Å². The normalized spacial score (nSPS) is 10.8. The maximum absolute atomic E-state index is 6.26. The molecule has 1 N–H and O–H groups in total. The second-order valence-electron chi connectivity index (χ2n) is 4.07. The van der Waals surface area contributed by atoms with Crippen LogP contribution in [0.25, 0.3) is 10.4 Å². The third-order valence-electron chi connectivity index (χ3n) is 2.58. The summed E-state index contributed by atoms with van der Waals surface area (Å²) in [6, 6.07) is 10.3. The van der Waals surface area contributed by atoms with Gasteiger partial charge in [0.15, 0.2) is 0 Å². The summed E-state index contributed by atoms with van der Waals surface area (Å²) >= 11 is 11.5. The van der Waals surface area contributed by atoms with Gasteiger partial charge >= 0.3 is 0 Å². The number of hydrogen-bond donors (Lipinski definition) is 1. The fraction of sp³-hybridized carbons (Fsp3) is 0.286. The maximum Gasteiger partial charge on any atom is 0.0503 e. The zero-order chi connectivity index (χ0) is 13.0. The minimum absolute atomic E-state index is 0.791. The molecule has 0 unspecified atom stereocenters. The largest absolute Gasteiger partial charge is 0.312 e. The molecule has 4 heteroatoms. The zero-order valence-corrected chi connectivity index (χ0v) is 13.3. The van der Waals surface area contributed by atoms with E-state index in [-0.39, 0.29) is 0 Å². The average Bonchev–Trinajstić information content (AvgIpc) is 2.78. The van der Waals surface area contributed by atoms with E-state index in [1.165, 1.54) is 9.75 Å². The molecule has 0 radical (unpaired) electrons. The Balaban J connectivity index is 2.13. The van der Waals surface area contributed by atoms with Gasteiger partial charge in [0.05, 0.1) is 5.02 Å². The van der Waals surface area contributed by atoms with E-state index in [1.54, 1.807) is 11.3 Å². The van der Waals surface area contributed by atoms with Crippen molar-refractivity contribution in [2.45, 2.75) is 19.9 Å². The standard InChI is InChI=1S/C14H15BrClNS/c1-2-7-17-9-11-4-6-14(18-11)12-5-3-10(15)8-13(12)16/h3-6,8,17H,2,7,9H2,1H3. The number of nitrogens with one attached hydrogen (secondary N) is 1. The van der Waals surface area contributed by atoms with Crippen LogP contribution >= 0.6 is 38.9 Å². The Kier molecular flexibility index (Phi) is 5.25. The fourth-order valence-corrected chi connectivity index (χ4v) is 3.54. The van der Waals surface area contributed by atoms with E-state index in [4.69, 9.17) is 11.6 Å². The van der Waals surface area contributed by atoms with Crippen LogP contribution in [0.4, 0.5) is 0 Å². The Labute approximate surface area is 125 Å². The summed E-state index contributed by atoms with van der Waals surface area (Å²) in [5.74, 6) is 0. The molecular weight excluding hydrogens is 330 g/mol. The highest BCUT2D eigenvalue weighted by molar-refractivity contribution is 9.10. The predicted octanol–water partition coefficient (Wildman–Crippen LogP) is 5.33. The van der Waals surface area contributed by atoms with Crippen LogP contribution in [-0.4, -0.2) is 6.54 Å². The Morgan fingerprint density at radius 3 is 2.83 bits per heavy atom. The van der Waals surface area contributed by atoms with Crippen molar-refractivity contribution in [3.05, 3.63) is 44.7 Å². The lowest BCUT2D eigenvalue weighted by Gasteiger charge is -2.02. The summed E-state index contributed by atoms with van der Waals surface area (Å²) in [6.45, 7) is 4.17. The molecule has 0 amide bonds. The molecule has 0 aliphatic heterocycles. The van der Waals surface area contributed by atoms with Crippen molar-refractivity contribution in [2.24, 2.45) is 0 Å². The van der Waals surface area contributed by atoms with Crippen LogP contribution in [0.2, 0.25) is 5.02 Å². The van der Waals surface area contributed by atoms with E-state index in [1.807, 2.05) is 12.1 Å². The molecule has 0 aliphatic rings. The van der Waals surface area contributed by atoms with Gasteiger partial charge in [0.1, 0.15) is 0 Å². The number of hydrogen-bond acceptors (Lipinski definition) is 2. The first kappa shape index (κ1) is 14.1. The Morgan fingerprint density at radius 1 is 1.28 bits per heavy atom. The minimum atomic E-state index is 0.791. The van der Waals surface area contributed by atoms with Gasteiger partial charge in [-0.1, -0.05) is 40.5 Å². The maximum atomic E-state index is 6.26. The lowest BCUT2D eigenvalue weighted by molar-refractivity contribution is 0.681. The summed E-state index contributed by atoms with van der Waals surface area (Å²) in [5.41, 5.74) is 1.10. The van der Waals surface area contributed by atoms with Gasteiger partial charge in [0, 0.05) is 26.3 Å². The summed E-state index contributed by atoms with van der Waals surface area (Å²) in [7, 11) is 0. The molecule has 0 saturated heterocycles. The molecule has 2 aromatic rings. The molecule has 2 rings (SSSR count). The van der Waals surface area contributed by atoms with Crippen LogP contribution in [0.3, 0.4) is 0 Å². The summed E-state index contributed by atoms with van der Waals surface area (Å²) in [5, 5.41) is 4.20. The van der Waals surface area contributed by atoms with Gasteiger partial charge in [-0.05, 0) is 37.2 Å². The minimum Gasteiger partial charge on any atom is -0.312 e. The molecule has 1 nitrogen and oxygen atoms in total. The SMILES string of the molecule is CCCNCc1ccc(-c2ccc(Br)cc2Cl)s1. The quantitative estimate of drug-likeness (QED) is 0.723. The van der Waals surface area contributed by atoms with Crippen LogP contribution in [0.1, 0.15) is 18.2 Å². The smallest absolute Gasteiger partial charge is 0.0503 e. The summed E-state index contributed by atoms with van der Waals surface area (Å²) < 4.78 is 1.01. The molecule has 0 saturated carbocycles. The first-order valence-corrected chi connectivity index (χ1v) is 7.94. The fourth-order valence-electron chi connectivity index (χ4n) is 1.70. The highest BCUT2D eigenvalue weighted by Crippen LogP contribution is 2.34. The lowest BCUT2D eigenvalue weighted by atomic mass is 10.2. The number of rotatable bonds is 5. The molecule has 0 atom stereocenters. The van der Waals surface area contributed by atoms with Crippen molar-refractivity contribution >= 4 is 38.9 Å². The van der Waals surface area contributed by atoms with E-state index >= 15 is 0 Å². The molecule has 0 fully saturated rings. The van der Waals surface area contributed by atoms with E-state index in [0.29, 0.717) is 0 Å². The first-order valence-electron chi connectivity index (χ1n) is 5.95. The van der Waals surface area contributed by atoms with Crippen molar-refractivity contribution in [3.8, 4) is 10.4 Å². The monoisotopic (exact) mass is 343 g/mol. The van der Waals surface area contributed by atoms with Crippen LogP contribution < -0.4 is 5.32 Å². The molecule has 1 heterocycles. The molecule has 0 bridgehead atoms. The van der Waals surface area contributed by atoms with Crippen molar-refractivity contribution in [3.63, 3.8) is 0 Å². The zero-order valence-electron chi connectivity index (χ0n) is 10.2. The van der Waals surface area contributed by atoms with Gasteiger partial charge in [0.25, 0.3) is 0 Å². The van der Waals surface area contributed by atoms with E-state index in [2.05, 4.69) is 46.4 Å². The van der Waals surface area contributed by atoms with Gasteiger partial charge in [0.2, 0.25) is 0 Å². The predicted molar refractivity (Wildman–Crippen MR) is 84.5 cm³/mol. The van der Waals surface area contributed by atoms with E-state index in [9.17, 15) is 0 Å². The van der Waals surface area contributed by atoms with Crippen molar-refractivity contribution in [1.29, 1.82) is 0 Å². The first-order chi connectivity index (χ1) is 8.70. The number of thiophene rings is 1. The summed E-state index contributed by atoms with van der Waals surface area (Å²) in [6.07, 6.45) is 1.16. The number of halogens is 2. The molecule has 96 valence electrons. The van der Waals surface area contributed by atoms with Gasteiger partial charge in [-0.2, -0.15) is 0 Å². The van der Waals surface area contributed by atoms with Crippen molar-refractivity contribution in [2.75, 3.05) is 6.54 Å². The Morgan fingerprint density at radius 2 is 2.11 bits per heavy atom. The third kappa shape index (κ3) is 3.58. The van der Waals surface area contributed by atoms with Gasteiger partial charge in [-0.15, -0.1) is 11.3 Å². The second-order valence-corrected chi connectivity index (χ2v) is 6.56. The molecule has 0 spiro atoms. The molecule has 18 heavy (non-hydrogen) atoms. The van der Waals surface area contributed by atoms with Crippen LogP contribution in [0.5, 0.6) is 0 Å². The summed E-state index contributed by atoms with van der Waals surface area (Å²) in [4.78, 5) is 2.57. The van der Waals surface area contributed by atoms with Gasteiger partial charge < -0.3 is 5.32 Å². The van der Waals surface area contributed by atoms with Crippen molar-refractivity contribution in [1.82, 2.24) is 5.32 Å². The van der Waals surface area contributed by atoms with Crippen molar-refractivity contribution < 1.29 is 0 Å². The third-order valence-corrected chi connectivity index (χ3v) is 4.51.